The minimum Gasteiger partial charge on any atom is -0.401 e. The van der Waals surface area contributed by atoms with Gasteiger partial charge in [0.15, 0.2) is 9.73 Å². The van der Waals surface area contributed by atoms with Gasteiger partial charge in [-0.05, 0) is 45.2 Å². The Bertz CT molecular complexity index is 1510. The number of ether oxygens (including phenoxy) is 1. The summed E-state index contributed by atoms with van der Waals surface area (Å²) in [4.78, 5) is 11.4. The molecule has 0 aliphatic carbocycles. The van der Waals surface area contributed by atoms with Crippen LogP contribution in [0.3, 0.4) is 0 Å². The zero-order valence-electron chi connectivity index (χ0n) is 24.9. The summed E-state index contributed by atoms with van der Waals surface area (Å²) < 4.78 is 29.8. The number of aliphatic hydroxyl groups excluding tert-OH is 1. The van der Waals surface area contributed by atoms with Crippen molar-refractivity contribution in [1.82, 2.24) is 9.97 Å². The molecule has 1 N–H and O–H groups in total. The molecule has 0 bridgehead atoms. The lowest BCUT2D eigenvalue weighted by Crippen LogP contribution is -2.66. The Kier molecular flexibility index (Phi) is 9.77. The van der Waals surface area contributed by atoms with Crippen molar-refractivity contribution >= 4 is 63.2 Å². The van der Waals surface area contributed by atoms with Crippen LogP contribution in [0.5, 0.6) is 0 Å². The first kappa shape index (κ1) is 32.2. The second kappa shape index (κ2) is 13.0. The molecule has 228 valence electrons. The highest BCUT2D eigenvalue weighted by Crippen LogP contribution is 2.41. The van der Waals surface area contributed by atoms with Crippen LogP contribution in [0.25, 0.3) is 0 Å². The molecule has 43 heavy (non-hydrogen) atoms. The fourth-order valence-corrected chi connectivity index (χ4v) is 12.1. The largest absolute Gasteiger partial charge is 0.401 e. The second-order valence-electron chi connectivity index (χ2n) is 12.0. The summed E-state index contributed by atoms with van der Waals surface area (Å²) in [6, 6.07) is 20.6. The van der Waals surface area contributed by atoms with E-state index in [-0.39, 0.29) is 34.6 Å². The number of nitrogens with zero attached hydrogens (tertiary/aromatic N) is 3. The minimum atomic E-state index is -2.96. The van der Waals surface area contributed by atoms with Crippen molar-refractivity contribution in [2.45, 2.75) is 64.6 Å². The van der Waals surface area contributed by atoms with Crippen LogP contribution in [0.2, 0.25) is 10.1 Å². The van der Waals surface area contributed by atoms with Crippen molar-refractivity contribution in [2.75, 3.05) is 18.0 Å². The number of hydrogen-bond acceptors (Lipinski definition) is 7. The maximum Gasteiger partial charge on any atom is 0.261 e. The number of anilines is 1. The summed E-state index contributed by atoms with van der Waals surface area (Å²) in [5, 5.41) is 13.1. The molecule has 0 spiro atoms. The standard InChI is InChI=1S/C32H36BrClFN3O3SSi/c1-20-17-38(18-21(2)41-20)29-24(37-28(27(35)26(29)34)30(39)25-16-36-31(33)42-25)19-40-43(32(3,4)5,22-12-8-6-9-13-22)23-14-10-7-11-15-23/h6-16,20-21,30,39H,17-19H2,1-5H3/t20-,21+,30?. The lowest BCUT2D eigenvalue weighted by Gasteiger charge is -2.43. The van der Waals surface area contributed by atoms with Gasteiger partial charge in [-0.3, -0.25) is 0 Å². The van der Waals surface area contributed by atoms with E-state index in [1.54, 1.807) is 0 Å². The van der Waals surface area contributed by atoms with Crippen LogP contribution in [0.15, 0.2) is 70.8 Å². The number of rotatable bonds is 8. The smallest absolute Gasteiger partial charge is 0.261 e. The van der Waals surface area contributed by atoms with Gasteiger partial charge in [-0.25, -0.2) is 14.4 Å². The molecule has 3 heterocycles. The van der Waals surface area contributed by atoms with Crippen molar-refractivity contribution in [3.63, 3.8) is 0 Å². The number of aliphatic hydroxyl groups is 1. The first-order chi connectivity index (χ1) is 20.4. The Balaban J connectivity index is 1.67. The second-order valence-corrected chi connectivity index (χ2v) is 19.0. The van der Waals surface area contributed by atoms with Crippen LogP contribution >= 0.6 is 38.9 Å². The van der Waals surface area contributed by atoms with E-state index >= 15 is 4.39 Å². The van der Waals surface area contributed by atoms with Crippen LogP contribution in [0.1, 0.15) is 57.0 Å². The third-order valence-corrected chi connectivity index (χ3v) is 14.6. The fraction of sp³-hybridized carbons (Fsp3) is 0.375. The highest BCUT2D eigenvalue weighted by molar-refractivity contribution is 9.11. The maximum atomic E-state index is 16.1. The van der Waals surface area contributed by atoms with Crippen LogP contribution in [-0.2, 0) is 15.8 Å². The zero-order chi connectivity index (χ0) is 30.9. The van der Waals surface area contributed by atoms with E-state index in [0.29, 0.717) is 33.3 Å². The maximum absolute atomic E-state index is 16.1. The van der Waals surface area contributed by atoms with Gasteiger partial charge in [0.05, 0.1) is 35.1 Å². The first-order valence-electron chi connectivity index (χ1n) is 14.2. The highest BCUT2D eigenvalue weighted by Gasteiger charge is 2.50. The summed E-state index contributed by atoms with van der Waals surface area (Å²) in [6.45, 7) is 11.7. The minimum absolute atomic E-state index is 0.0643. The Morgan fingerprint density at radius 2 is 1.65 bits per heavy atom. The van der Waals surface area contributed by atoms with Crippen LogP contribution in [-0.4, -0.2) is 48.7 Å². The molecule has 2 aromatic carbocycles. The normalized spacial score (nSPS) is 18.6. The number of morpholine rings is 1. The quantitative estimate of drug-likeness (QED) is 0.202. The van der Waals surface area contributed by atoms with Gasteiger partial charge in [0, 0.05) is 19.3 Å². The van der Waals surface area contributed by atoms with Crippen molar-refractivity contribution in [3.05, 3.63) is 97.9 Å². The summed E-state index contributed by atoms with van der Waals surface area (Å²) in [5.41, 5.74) is 0.791. The number of pyridine rings is 1. The lowest BCUT2D eigenvalue weighted by atomic mass is 10.1. The molecule has 1 saturated heterocycles. The summed E-state index contributed by atoms with van der Waals surface area (Å²) in [6.07, 6.45) is -0.0163. The third-order valence-electron chi connectivity index (χ3n) is 7.76. The molecule has 1 aliphatic heterocycles. The van der Waals surface area contributed by atoms with Crippen LogP contribution in [0, 0.1) is 5.82 Å². The van der Waals surface area contributed by atoms with E-state index in [1.165, 1.54) is 17.5 Å². The predicted molar refractivity (Wildman–Crippen MR) is 178 cm³/mol. The van der Waals surface area contributed by atoms with Gasteiger partial charge >= 0.3 is 0 Å². The zero-order valence-corrected chi connectivity index (χ0v) is 29.0. The Labute approximate surface area is 271 Å². The highest BCUT2D eigenvalue weighted by atomic mass is 79.9. The summed E-state index contributed by atoms with van der Waals surface area (Å²) >= 11 is 11.4. The van der Waals surface area contributed by atoms with Crippen LogP contribution < -0.4 is 15.3 Å². The van der Waals surface area contributed by atoms with Crippen LogP contribution in [0.4, 0.5) is 10.1 Å². The van der Waals surface area contributed by atoms with Gasteiger partial charge in [-0.1, -0.05) is 93.0 Å². The van der Waals surface area contributed by atoms with E-state index in [0.717, 1.165) is 10.4 Å². The number of thiazole rings is 1. The molecule has 1 fully saturated rings. The number of halogens is 3. The Morgan fingerprint density at radius 3 is 2.14 bits per heavy atom. The molecule has 6 nitrogen and oxygen atoms in total. The molecule has 5 rings (SSSR count). The average Bonchev–Trinajstić information content (AvgIpc) is 3.41. The molecule has 4 aromatic rings. The van der Waals surface area contributed by atoms with E-state index in [2.05, 4.69) is 66.0 Å². The molecule has 2 aromatic heterocycles. The Hall–Kier alpha value is -2.18. The SMILES string of the molecule is C[C@@H]1CN(c2c(CO[Si](c3ccccc3)(c3ccccc3)C(C)(C)C)nc(C(O)c3cnc(Br)s3)c(F)c2Cl)C[C@H](C)O1. The van der Waals surface area contributed by atoms with Gasteiger partial charge in [-0.15, -0.1) is 11.3 Å². The van der Waals surface area contributed by atoms with Gasteiger partial charge in [0.25, 0.3) is 8.32 Å². The molecule has 0 radical (unpaired) electrons. The Morgan fingerprint density at radius 1 is 1.09 bits per heavy atom. The van der Waals surface area contributed by atoms with E-state index < -0.39 is 20.2 Å². The molecule has 1 unspecified atom stereocenters. The lowest BCUT2D eigenvalue weighted by molar-refractivity contribution is -0.00536. The first-order valence-corrected chi connectivity index (χ1v) is 18.1. The van der Waals surface area contributed by atoms with Crippen molar-refractivity contribution in [3.8, 4) is 0 Å². The molecular formula is C32H36BrClFN3O3SSi. The predicted octanol–water partition coefficient (Wildman–Crippen LogP) is 6.87. The fourth-order valence-electron chi connectivity index (χ4n) is 6.02. The number of aromatic nitrogens is 2. The monoisotopic (exact) mass is 703 g/mol. The van der Waals surface area contributed by atoms with Gasteiger partial charge in [-0.2, -0.15) is 0 Å². The third kappa shape index (κ3) is 6.47. The van der Waals surface area contributed by atoms with Gasteiger partial charge in [0.2, 0.25) is 0 Å². The summed E-state index contributed by atoms with van der Waals surface area (Å²) in [7, 11) is -2.96. The molecule has 3 atom stereocenters. The van der Waals surface area contributed by atoms with Gasteiger partial charge < -0.3 is 19.2 Å². The molecule has 0 amide bonds. The number of hydrogen-bond donors (Lipinski definition) is 1. The molecule has 0 saturated carbocycles. The average molecular weight is 705 g/mol. The molecule has 11 heteroatoms. The van der Waals surface area contributed by atoms with Gasteiger partial charge in [0.1, 0.15) is 16.8 Å². The summed E-state index contributed by atoms with van der Waals surface area (Å²) in [5.74, 6) is -0.755. The van der Waals surface area contributed by atoms with Crippen molar-refractivity contribution < 1.29 is 18.7 Å². The van der Waals surface area contributed by atoms with Crippen molar-refractivity contribution in [2.24, 2.45) is 0 Å². The van der Waals surface area contributed by atoms with E-state index in [1.807, 2.05) is 55.1 Å². The topological polar surface area (TPSA) is 67.7 Å². The van der Waals surface area contributed by atoms with E-state index in [4.69, 9.17) is 25.7 Å². The number of benzene rings is 2. The van der Waals surface area contributed by atoms with Crippen molar-refractivity contribution in [1.29, 1.82) is 0 Å². The molecule has 1 aliphatic rings. The molecular weight excluding hydrogens is 669 g/mol. The van der Waals surface area contributed by atoms with E-state index in [9.17, 15) is 5.11 Å².